The molecule has 21 heavy (non-hydrogen) atoms. The molecule has 0 bridgehead atoms. The van der Waals surface area contributed by atoms with Gasteiger partial charge in [0.15, 0.2) is 5.78 Å². The molecule has 0 aromatic heterocycles. The molecule has 0 saturated carbocycles. The van der Waals surface area contributed by atoms with Crippen LogP contribution in [0.2, 0.25) is 0 Å². The van der Waals surface area contributed by atoms with Crippen molar-refractivity contribution in [1.82, 2.24) is 4.90 Å². The topological polar surface area (TPSA) is 40.5 Å². The predicted octanol–water partition coefficient (Wildman–Crippen LogP) is 2.88. The summed E-state index contributed by atoms with van der Waals surface area (Å²) in [5.41, 5.74) is 0.00630. The molecule has 116 valence electrons. The number of Topliss-reactive ketones (excluding diaryl/α,β-unsaturated/α-hetero) is 1. The van der Waals surface area contributed by atoms with E-state index in [1.165, 1.54) is 24.3 Å². The Bertz CT molecular complexity index is 484. The van der Waals surface area contributed by atoms with Crippen molar-refractivity contribution in [2.75, 3.05) is 19.6 Å². The third kappa shape index (κ3) is 4.35. The lowest BCUT2D eigenvalue weighted by molar-refractivity contribution is -0.0505. The number of piperidine rings is 1. The molecule has 1 aliphatic heterocycles. The molecule has 0 amide bonds. The maximum Gasteiger partial charge on any atom is 0.162 e. The SMILES string of the molecule is C[C@@H]1CN(CCCC(=O)c2ccc(F)cc2)CC[C@]1(C)O. The summed E-state index contributed by atoms with van der Waals surface area (Å²) >= 11 is 0. The standard InChI is InChI=1S/C17H24FNO2/c1-13-12-19(11-9-17(13,2)21)10-3-4-16(20)14-5-7-15(18)8-6-14/h5-8,13,21H,3-4,9-12H2,1-2H3/t13-,17+/m1/s1. The van der Waals surface area contributed by atoms with Crippen LogP contribution in [0.1, 0.15) is 43.5 Å². The lowest BCUT2D eigenvalue weighted by Gasteiger charge is -2.41. The van der Waals surface area contributed by atoms with Gasteiger partial charge < -0.3 is 10.0 Å². The van der Waals surface area contributed by atoms with Crippen LogP contribution in [0.25, 0.3) is 0 Å². The Morgan fingerprint density at radius 1 is 1.43 bits per heavy atom. The van der Waals surface area contributed by atoms with Crippen molar-refractivity contribution in [3.8, 4) is 0 Å². The summed E-state index contributed by atoms with van der Waals surface area (Å²) in [6.45, 7) is 6.58. The lowest BCUT2D eigenvalue weighted by Crippen LogP contribution is -2.49. The first-order chi connectivity index (χ1) is 9.88. The number of hydrogen-bond donors (Lipinski definition) is 1. The number of benzene rings is 1. The zero-order chi connectivity index (χ0) is 15.5. The van der Waals surface area contributed by atoms with E-state index in [9.17, 15) is 14.3 Å². The molecule has 0 aliphatic carbocycles. The number of rotatable bonds is 5. The van der Waals surface area contributed by atoms with Crippen LogP contribution in [0, 0.1) is 11.7 Å². The molecule has 1 N–H and O–H groups in total. The Morgan fingerprint density at radius 3 is 2.71 bits per heavy atom. The first-order valence-corrected chi connectivity index (χ1v) is 7.62. The minimum atomic E-state index is -0.569. The number of nitrogens with zero attached hydrogens (tertiary/aromatic N) is 1. The second-order valence-corrected chi connectivity index (χ2v) is 6.34. The van der Waals surface area contributed by atoms with Crippen molar-refractivity contribution in [2.45, 2.75) is 38.7 Å². The van der Waals surface area contributed by atoms with E-state index in [2.05, 4.69) is 11.8 Å². The molecule has 1 aromatic carbocycles. The van der Waals surface area contributed by atoms with Gasteiger partial charge in [0.1, 0.15) is 5.82 Å². The van der Waals surface area contributed by atoms with E-state index in [1.54, 1.807) is 0 Å². The van der Waals surface area contributed by atoms with Crippen molar-refractivity contribution in [3.63, 3.8) is 0 Å². The van der Waals surface area contributed by atoms with E-state index in [1.807, 2.05) is 6.92 Å². The molecule has 0 unspecified atom stereocenters. The van der Waals surface area contributed by atoms with E-state index in [4.69, 9.17) is 0 Å². The first kappa shape index (κ1) is 16.1. The molecular weight excluding hydrogens is 269 g/mol. The van der Waals surface area contributed by atoms with Gasteiger partial charge in [-0.1, -0.05) is 6.92 Å². The molecule has 4 heteroatoms. The Morgan fingerprint density at radius 2 is 2.10 bits per heavy atom. The molecule has 1 aliphatic rings. The third-order valence-electron chi connectivity index (χ3n) is 4.57. The molecular formula is C17H24FNO2. The molecule has 2 rings (SSSR count). The van der Waals surface area contributed by atoms with Crippen LogP contribution in [-0.4, -0.2) is 41.0 Å². The van der Waals surface area contributed by atoms with Gasteiger partial charge in [-0.3, -0.25) is 4.79 Å². The smallest absolute Gasteiger partial charge is 0.162 e. The molecule has 0 spiro atoms. The quantitative estimate of drug-likeness (QED) is 0.849. The van der Waals surface area contributed by atoms with Gasteiger partial charge in [-0.15, -0.1) is 0 Å². The fourth-order valence-electron chi connectivity index (χ4n) is 2.75. The van der Waals surface area contributed by atoms with E-state index >= 15 is 0 Å². The van der Waals surface area contributed by atoms with E-state index in [0.717, 1.165) is 32.5 Å². The summed E-state index contributed by atoms with van der Waals surface area (Å²) in [4.78, 5) is 14.3. The number of carbonyl (C=O) groups excluding carboxylic acids is 1. The van der Waals surface area contributed by atoms with Gasteiger partial charge in [-0.25, -0.2) is 4.39 Å². The average Bonchev–Trinajstić information content (AvgIpc) is 2.43. The van der Waals surface area contributed by atoms with Crippen LogP contribution in [0.3, 0.4) is 0 Å². The van der Waals surface area contributed by atoms with Gasteiger partial charge in [0.05, 0.1) is 5.60 Å². The maximum atomic E-state index is 12.8. The van der Waals surface area contributed by atoms with Gasteiger partial charge >= 0.3 is 0 Å². The summed E-state index contributed by atoms with van der Waals surface area (Å²) in [7, 11) is 0. The number of halogens is 1. The molecule has 1 aromatic rings. The van der Waals surface area contributed by atoms with E-state index in [-0.39, 0.29) is 17.5 Å². The lowest BCUT2D eigenvalue weighted by atomic mass is 9.84. The van der Waals surface area contributed by atoms with Crippen molar-refractivity contribution < 1.29 is 14.3 Å². The van der Waals surface area contributed by atoms with Crippen LogP contribution >= 0.6 is 0 Å². The fraction of sp³-hybridized carbons (Fsp3) is 0.588. The summed E-state index contributed by atoms with van der Waals surface area (Å²) in [5, 5.41) is 10.1. The van der Waals surface area contributed by atoms with E-state index < -0.39 is 5.60 Å². The van der Waals surface area contributed by atoms with Crippen molar-refractivity contribution in [3.05, 3.63) is 35.6 Å². The summed E-state index contributed by atoms with van der Waals surface area (Å²) < 4.78 is 12.8. The molecule has 2 atom stereocenters. The zero-order valence-electron chi connectivity index (χ0n) is 12.8. The predicted molar refractivity (Wildman–Crippen MR) is 80.8 cm³/mol. The number of ketones is 1. The van der Waals surface area contributed by atoms with Crippen molar-refractivity contribution in [1.29, 1.82) is 0 Å². The van der Waals surface area contributed by atoms with Crippen molar-refractivity contribution >= 4 is 5.78 Å². The highest BCUT2D eigenvalue weighted by Crippen LogP contribution is 2.27. The van der Waals surface area contributed by atoms with Crippen LogP contribution in [0.15, 0.2) is 24.3 Å². The summed E-state index contributed by atoms with van der Waals surface area (Å²) in [6.07, 6.45) is 2.05. The normalized spacial score (nSPS) is 26.8. The van der Waals surface area contributed by atoms with Crippen LogP contribution in [-0.2, 0) is 0 Å². The largest absolute Gasteiger partial charge is 0.390 e. The Labute approximate surface area is 125 Å². The minimum absolute atomic E-state index is 0.0621. The molecule has 1 saturated heterocycles. The number of likely N-dealkylation sites (tertiary alicyclic amines) is 1. The minimum Gasteiger partial charge on any atom is -0.390 e. The highest BCUT2D eigenvalue weighted by atomic mass is 19.1. The van der Waals surface area contributed by atoms with E-state index in [0.29, 0.717) is 12.0 Å². The number of carbonyl (C=O) groups is 1. The van der Waals surface area contributed by atoms with Gasteiger partial charge in [0, 0.05) is 25.1 Å². The average molecular weight is 293 g/mol. The second kappa shape index (κ2) is 6.67. The highest BCUT2D eigenvalue weighted by Gasteiger charge is 2.34. The van der Waals surface area contributed by atoms with Gasteiger partial charge in [-0.05, 0) is 56.5 Å². The van der Waals surface area contributed by atoms with Crippen LogP contribution in [0.5, 0.6) is 0 Å². The Kier molecular flexibility index (Phi) is 5.12. The molecule has 3 nitrogen and oxygen atoms in total. The Balaban J connectivity index is 1.75. The molecule has 0 radical (unpaired) electrons. The summed E-state index contributed by atoms with van der Waals surface area (Å²) in [5.74, 6) is -0.00740. The highest BCUT2D eigenvalue weighted by molar-refractivity contribution is 5.95. The van der Waals surface area contributed by atoms with Crippen LogP contribution < -0.4 is 0 Å². The zero-order valence-corrected chi connectivity index (χ0v) is 12.8. The molecule has 1 heterocycles. The van der Waals surface area contributed by atoms with Gasteiger partial charge in [0.2, 0.25) is 0 Å². The fourth-order valence-corrected chi connectivity index (χ4v) is 2.75. The van der Waals surface area contributed by atoms with Crippen LogP contribution in [0.4, 0.5) is 4.39 Å². The van der Waals surface area contributed by atoms with Gasteiger partial charge in [0.25, 0.3) is 0 Å². The second-order valence-electron chi connectivity index (χ2n) is 6.34. The Hall–Kier alpha value is -1.26. The number of aliphatic hydroxyl groups is 1. The van der Waals surface area contributed by atoms with Gasteiger partial charge in [-0.2, -0.15) is 0 Å². The third-order valence-corrected chi connectivity index (χ3v) is 4.57. The first-order valence-electron chi connectivity index (χ1n) is 7.62. The maximum absolute atomic E-state index is 12.8. The monoisotopic (exact) mass is 293 g/mol. The molecule has 1 fully saturated rings. The summed E-state index contributed by atoms with van der Waals surface area (Å²) in [6, 6.07) is 5.72. The van der Waals surface area contributed by atoms with Crippen molar-refractivity contribution in [2.24, 2.45) is 5.92 Å². The number of hydrogen-bond acceptors (Lipinski definition) is 3.